The summed E-state index contributed by atoms with van der Waals surface area (Å²) >= 11 is 1.34. The number of hydrogen-bond donors (Lipinski definition) is 2. The van der Waals surface area contributed by atoms with Crippen molar-refractivity contribution in [2.45, 2.75) is 13.0 Å². The molecule has 0 saturated heterocycles. The Morgan fingerprint density at radius 1 is 1.21 bits per heavy atom. The van der Waals surface area contributed by atoms with Gasteiger partial charge in [-0.2, -0.15) is 0 Å². The van der Waals surface area contributed by atoms with E-state index in [1.807, 2.05) is 30.5 Å². The molecular weight excluding hydrogens is 328 g/mol. The summed E-state index contributed by atoms with van der Waals surface area (Å²) in [6.07, 6.45) is 0. The van der Waals surface area contributed by atoms with Gasteiger partial charge in [0.1, 0.15) is 13.2 Å². The number of ether oxygens (including phenoxy) is 2. The summed E-state index contributed by atoms with van der Waals surface area (Å²) in [5, 5.41) is 7.28. The summed E-state index contributed by atoms with van der Waals surface area (Å²) in [7, 11) is 0. The molecule has 2 amide bonds. The third-order valence-electron chi connectivity index (χ3n) is 3.60. The second-order valence-corrected chi connectivity index (χ2v) is 6.30. The van der Waals surface area contributed by atoms with Crippen LogP contribution in [0.5, 0.6) is 11.5 Å². The molecule has 2 N–H and O–H groups in total. The third-order valence-corrected chi connectivity index (χ3v) is 4.47. The largest absolute Gasteiger partial charge is 0.486 e. The maximum atomic E-state index is 12.0. The van der Waals surface area contributed by atoms with Crippen LogP contribution in [-0.2, 0) is 4.79 Å². The summed E-state index contributed by atoms with van der Waals surface area (Å²) in [4.78, 5) is 24.4. The number of rotatable bonds is 5. The van der Waals surface area contributed by atoms with Gasteiger partial charge < -0.3 is 20.1 Å². The van der Waals surface area contributed by atoms with E-state index in [0.717, 1.165) is 5.56 Å². The van der Waals surface area contributed by atoms with Gasteiger partial charge >= 0.3 is 0 Å². The minimum atomic E-state index is -0.248. The van der Waals surface area contributed by atoms with Crippen molar-refractivity contribution < 1.29 is 19.1 Å². The van der Waals surface area contributed by atoms with Gasteiger partial charge in [0.2, 0.25) is 5.91 Å². The van der Waals surface area contributed by atoms with Gasteiger partial charge in [0.25, 0.3) is 5.91 Å². The first-order valence-electron chi connectivity index (χ1n) is 7.64. The van der Waals surface area contributed by atoms with Gasteiger partial charge in [-0.3, -0.25) is 9.59 Å². The summed E-state index contributed by atoms with van der Waals surface area (Å²) in [5.74, 6) is 0.909. The Hall–Kier alpha value is -2.54. The molecule has 0 bridgehead atoms. The highest BCUT2D eigenvalue weighted by Crippen LogP contribution is 2.32. The molecule has 1 atom stereocenters. The molecule has 0 aliphatic carbocycles. The Labute approximate surface area is 143 Å². The van der Waals surface area contributed by atoms with Crippen LogP contribution < -0.4 is 20.1 Å². The van der Waals surface area contributed by atoms with E-state index in [1.165, 1.54) is 11.3 Å². The minimum absolute atomic E-state index is 0.0639. The number of nitrogens with one attached hydrogen (secondary N) is 2. The van der Waals surface area contributed by atoms with E-state index >= 15 is 0 Å². The van der Waals surface area contributed by atoms with Gasteiger partial charge in [-0.05, 0) is 36.1 Å². The van der Waals surface area contributed by atoms with E-state index in [1.54, 1.807) is 12.1 Å². The van der Waals surface area contributed by atoms with Crippen LogP contribution in [0, 0.1) is 0 Å². The molecule has 1 unspecified atom stereocenters. The first kappa shape index (κ1) is 16.3. The highest BCUT2D eigenvalue weighted by molar-refractivity contribution is 7.12. The van der Waals surface area contributed by atoms with Crippen LogP contribution in [0.2, 0.25) is 0 Å². The van der Waals surface area contributed by atoms with E-state index in [2.05, 4.69) is 10.6 Å². The van der Waals surface area contributed by atoms with Crippen molar-refractivity contribution in [3.8, 4) is 11.5 Å². The number of carbonyl (C=O) groups excluding carboxylic acids is 2. The number of thiophene rings is 1. The fourth-order valence-corrected chi connectivity index (χ4v) is 3.00. The number of fused-ring (bicyclic) bond motifs is 1. The highest BCUT2D eigenvalue weighted by Gasteiger charge is 2.16. The normalized spacial score (nSPS) is 13.9. The fourth-order valence-electron chi connectivity index (χ4n) is 2.36. The molecular formula is C17H18N2O4S. The Morgan fingerprint density at radius 3 is 2.75 bits per heavy atom. The van der Waals surface area contributed by atoms with Crippen molar-refractivity contribution in [3.63, 3.8) is 0 Å². The van der Waals surface area contributed by atoms with Crippen molar-refractivity contribution in [1.29, 1.82) is 0 Å². The molecule has 7 heteroatoms. The Kier molecular flexibility index (Phi) is 5.00. The second kappa shape index (κ2) is 7.35. The predicted molar refractivity (Wildman–Crippen MR) is 90.6 cm³/mol. The first-order valence-corrected chi connectivity index (χ1v) is 8.52. The van der Waals surface area contributed by atoms with Gasteiger partial charge in [0.15, 0.2) is 11.5 Å². The third kappa shape index (κ3) is 3.86. The molecule has 2 heterocycles. The highest BCUT2D eigenvalue weighted by atomic mass is 32.1. The molecule has 1 aromatic carbocycles. The Balaban J connectivity index is 1.53. The van der Waals surface area contributed by atoms with Crippen molar-refractivity contribution in [2.24, 2.45) is 0 Å². The summed E-state index contributed by atoms with van der Waals surface area (Å²) in [6, 6.07) is 8.91. The molecule has 1 aliphatic rings. The molecule has 2 aromatic rings. The van der Waals surface area contributed by atoms with Gasteiger partial charge in [0, 0.05) is 0 Å². The van der Waals surface area contributed by atoms with E-state index in [4.69, 9.17) is 9.47 Å². The van der Waals surface area contributed by atoms with E-state index in [0.29, 0.717) is 29.6 Å². The van der Waals surface area contributed by atoms with Gasteiger partial charge in [-0.15, -0.1) is 11.3 Å². The minimum Gasteiger partial charge on any atom is -0.486 e. The van der Waals surface area contributed by atoms with Gasteiger partial charge in [-0.25, -0.2) is 0 Å². The van der Waals surface area contributed by atoms with Crippen LogP contribution in [0.3, 0.4) is 0 Å². The lowest BCUT2D eigenvalue weighted by Crippen LogP contribution is -2.37. The average molecular weight is 346 g/mol. The first-order chi connectivity index (χ1) is 11.6. The zero-order valence-corrected chi connectivity index (χ0v) is 14.0. The summed E-state index contributed by atoms with van der Waals surface area (Å²) in [5.41, 5.74) is 0.914. The van der Waals surface area contributed by atoms with E-state index < -0.39 is 0 Å². The van der Waals surface area contributed by atoms with E-state index in [9.17, 15) is 9.59 Å². The monoisotopic (exact) mass is 346 g/mol. The molecule has 0 fully saturated rings. The molecule has 126 valence electrons. The van der Waals surface area contributed by atoms with E-state index in [-0.39, 0.29) is 24.4 Å². The fraction of sp³-hybridized carbons (Fsp3) is 0.294. The average Bonchev–Trinajstić information content (AvgIpc) is 3.14. The molecule has 0 saturated carbocycles. The molecule has 1 aliphatic heterocycles. The van der Waals surface area contributed by atoms with Crippen molar-refractivity contribution in [2.75, 3.05) is 19.8 Å². The molecule has 6 nitrogen and oxygen atoms in total. The van der Waals surface area contributed by atoms with Crippen molar-refractivity contribution in [3.05, 3.63) is 46.2 Å². The Bertz CT molecular complexity index is 730. The lowest BCUT2D eigenvalue weighted by atomic mass is 10.1. The van der Waals surface area contributed by atoms with Crippen LogP contribution in [0.4, 0.5) is 0 Å². The molecule has 1 aromatic heterocycles. The van der Waals surface area contributed by atoms with Gasteiger partial charge in [0.05, 0.1) is 17.5 Å². The molecule has 3 rings (SSSR count). The Morgan fingerprint density at radius 2 is 2.00 bits per heavy atom. The van der Waals surface area contributed by atoms with Crippen LogP contribution in [-0.4, -0.2) is 31.6 Å². The standard InChI is InChI=1S/C17H18N2O4S/c1-11(12-4-5-13-14(9-12)23-7-6-22-13)19-16(20)10-18-17(21)15-3-2-8-24-15/h2-5,8-9,11H,6-7,10H2,1H3,(H,18,21)(H,19,20). The zero-order chi connectivity index (χ0) is 16.9. The van der Waals surface area contributed by atoms with Crippen molar-refractivity contribution >= 4 is 23.2 Å². The lowest BCUT2D eigenvalue weighted by Gasteiger charge is -2.21. The number of amides is 2. The lowest BCUT2D eigenvalue weighted by molar-refractivity contribution is -0.120. The van der Waals surface area contributed by atoms with Crippen LogP contribution in [0.1, 0.15) is 28.2 Å². The number of benzene rings is 1. The molecule has 0 spiro atoms. The van der Waals surface area contributed by atoms with Crippen LogP contribution >= 0.6 is 11.3 Å². The maximum Gasteiger partial charge on any atom is 0.261 e. The summed E-state index contributed by atoms with van der Waals surface area (Å²) in [6.45, 7) is 2.88. The number of carbonyl (C=O) groups is 2. The number of hydrogen-bond acceptors (Lipinski definition) is 5. The van der Waals surface area contributed by atoms with Crippen molar-refractivity contribution in [1.82, 2.24) is 10.6 Å². The second-order valence-electron chi connectivity index (χ2n) is 5.35. The summed E-state index contributed by atoms with van der Waals surface area (Å²) < 4.78 is 11.0. The quantitative estimate of drug-likeness (QED) is 0.869. The van der Waals surface area contributed by atoms with Crippen LogP contribution in [0.15, 0.2) is 35.7 Å². The molecule has 0 radical (unpaired) electrons. The smallest absolute Gasteiger partial charge is 0.261 e. The van der Waals surface area contributed by atoms with Gasteiger partial charge in [-0.1, -0.05) is 12.1 Å². The predicted octanol–water partition coefficient (Wildman–Crippen LogP) is 2.13. The molecule has 24 heavy (non-hydrogen) atoms. The van der Waals surface area contributed by atoms with Crippen LogP contribution in [0.25, 0.3) is 0 Å². The topological polar surface area (TPSA) is 76.7 Å². The maximum absolute atomic E-state index is 12.0. The SMILES string of the molecule is CC(NC(=O)CNC(=O)c1cccs1)c1ccc2c(c1)OCCO2. The zero-order valence-electron chi connectivity index (χ0n) is 13.2.